The third-order valence-electron chi connectivity index (χ3n) is 5.19. The third-order valence-corrected chi connectivity index (χ3v) is 5.19. The van der Waals surface area contributed by atoms with Crippen LogP contribution in [0.25, 0.3) is 0 Å². The summed E-state index contributed by atoms with van der Waals surface area (Å²) in [5, 5.41) is 2.93. The number of carbonyl (C=O) groups excluding carboxylic acids is 1. The number of amides is 1. The highest BCUT2D eigenvalue weighted by Gasteiger charge is 2.32. The Morgan fingerprint density at radius 1 is 1.35 bits per heavy atom. The summed E-state index contributed by atoms with van der Waals surface area (Å²) in [6.07, 6.45) is 4.20. The summed E-state index contributed by atoms with van der Waals surface area (Å²) in [6.45, 7) is 10.2. The van der Waals surface area contributed by atoms with Gasteiger partial charge in [-0.1, -0.05) is 20.3 Å². The van der Waals surface area contributed by atoms with E-state index in [-0.39, 0.29) is 5.91 Å². The highest BCUT2D eigenvalue weighted by Crippen LogP contribution is 2.21. The van der Waals surface area contributed by atoms with Gasteiger partial charge < -0.3 is 14.8 Å². The highest BCUT2D eigenvalue weighted by molar-refractivity contribution is 5.97. The lowest BCUT2D eigenvalue weighted by Crippen LogP contribution is -2.41. The van der Waals surface area contributed by atoms with Crippen molar-refractivity contribution >= 4 is 11.6 Å². The molecule has 0 radical (unpaired) electrons. The summed E-state index contributed by atoms with van der Waals surface area (Å²) in [5.41, 5.74) is -0.0400. The normalized spacial score (nSPS) is 20.4. The fourth-order valence-corrected chi connectivity index (χ4v) is 3.47. The van der Waals surface area contributed by atoms with Crippen molar-refractivity contribution in [2.24, 2.45) is 5.92 Å². The van der Waals surface area contributed by atoms with Gasteiger partial charge in [-0.25, -0.2) is 0 Å². The molecule has 2 rings (SSSR count). The number of anilines is 1. The number of piperidine rings is 1. The van der Waals surface area contributed by atoms with E-state index in [0.29, 0.717) is 13.0 Å². The van der Waals surface area contributed by atoms with E-state index in [9.17, 15) is 4.79 Å². The number of methoxy groups -OCH3 is 1. The van der Waals surface area contributed by atoms with Gasteiger partial charge >= 0.3 is 0 Å². The van der Waals surface area contributed by atoms with E-state index < -0.39 is 5.60 Å². The minimum atomic E-state index is -0.796. The number of ether oxygens (including phenoxy) is 2. The molecule has 0 unspecified atom stereocenters. The number of nitrogens with zero attached hydrogens (tertiary/aromatic N) is 1. The van der Waals surface area contributed by atoms with Crippen LogP contribution in [0.4, 0.5) is 5.69 Å². The summed E-state index contributed by atoms with van der Waals surface area (Å²) in [5.74, 6) is 1.50. The summed E-state index contributed by atoms with van der Waals surface area (Å²) in [7, 11) is 1.58. The predicted octanol–water partition coefficient (Wildman–Crippen LogP) is 3.94. The number of hydrogen-bond donors (Lipinski definition) is 1. The molecule has 1 aliphatic rings. The van der Waals surface area contributed by atoms with Crippen LogP contribution in [0.1, 0.15) is 46.5 Å². The number of hydrogen-bond acceptors (Lipinski definition) is 4. The highest BCUT2D eigenvalue weighted by atomic mass is 16.5. The minimum absolute atomic E-state index is 0.116. The average molecular weight is 363 g/mol. The molecule has 1 aromatic rings. The van der Waals surface area contributed by atoms with Crippen LogP contribution < -0.4 is 10.1 Å². The first kappa shape index (κ1) is 20.7. The van der Waals surface area contributed by atoms with E-state index >= 15 is 0 Å². The van der Waals surface area contributed by atoms with Crippen molar-refractivity contribution in [3.63, 3.8) is 0 Å². The molecule has 1 aliphatic heterocycles. The summed E-state index contributed by atoms with van der Waals surface area (Å²) >= 11 is 0. The summed E-state index contributed by atoms with van der Waals surface area (Å²) < 4.78 is 11.3. The molecule has 26 heavy (non-hydrogen) atoms. The lowest BCUT2D eigenvalue weighted by molar-refractivity contribution is -0.136. The van der Waals surface area contributed by atoms with Crippen LogP contribution in [0.5, 0.6) is 5.75 Å². The number of likely N-dealkylation sites (tertiary alicyclic amines) is 1. The molecule has 0 spiro atoms. The van der Waals surface area contributed by atoms with Gasteiger partial charge in [0.25, 0.3) is 5.91 Å². The van der Waals surface area contributed by atoms with Gasteiger partial charge in [-0.2, -0.15) is 0 Å². The van der Waals surface area contributed by atoms with Crippen LogP contribution in [0, 0.1) is 5.92 Å². The molecule has 0 bridgehead atoms. The Balaban J connectivity index is 1.79. The van der Waals surface area contributed by atoms with Gasteiger partial charge in [0, 0.05) is 25.9 Å². The molecule has 5 nitrogen and oxygen atoms in total. The molecule has 1 heterocycles. The minimum Gasteiger partial charge on any atom is -0.492 e. The zero-order chi connectivity index (χ0) is 19.0. The Labute approximate surface area is 158 Å². The summed E-state index contributed by atoms with van der Waals surface area (Å²) in [6, 6.07) is 7.55. The Hall–Kier alpha value is -1.59. The molecular weight excluding hydrogens is 328 g/mol. The van der Waals surface area contributed by atoms with Gasteiger partial charge in [-0.05, 0) is 62.9 Å². The molecule has 146 valence electrons. The van der Waals surface area contributed by atoms with Crippen molar-refractivity contribution in [3.05, 3.63) is 24.3 Å². The zero-order valence-corrected chi connectivity index (χ0v) is 16.7. The van der Waals surface area contributed by atoms with Crippen LogP contribution in [-0.2, 0) is 9.53 Å². The summed E-state index contributed by atoms with van der Waals surface area (Å²) in [4.78, 5) is 14.9. The SMILES string of the molecule is CCC[C@](C)(OC)C(=O)Nc1ccc(OCCN2CCC[C@@H](C)C2)cc1. The molecule has 1 amide bonds. The molecule has 1 saturated heterocycles. The fraction of sp³-hybridized carbons (Fsp3) is 0.667. The number of benzene rings is 1. The molecule has 1 N–H and O–H groups in total. The molecule has 2 atom stereocenters. The van der Waals surface area contributed by atoms with Crippen LogP contribution in [0.3, 0.4) is 0 Å². The average Bonchev–Trinajstić information content (AvgIpc) is 2.63. The van der Waals surface area contributed by atoms with Crippen molar-refractivity contribution in [3.8, 4) is 5.75 Å². The smallest absolute Gasteiger partial charge is 0.256 e. The third kappa shape index (κ3) is 5.99. The maximum atomic E-state index is 12.4. The Bertz CT molecular complexity index is 561. The lowest BCUT2D eigenvalue weighted by Gasteiger charge is -2.30. The van der Waals surface area contributed by atoms with Gasteiger partial charge in [0.2, 0.25) is 0 Å². The van der Waals surface area contributed by atoms with E-state index in [1.54, 1.807) is 7.11 Å². The van der Waals surface area contributed by atoms with Crippen molar-refractivity contribution < 1.29 is 14.3 Å². The number of rotatable bonds is 9. The predicted molar refractivity (Wildman–Crippen MR) is 106 cm³/mol. The quantitative estimate of drug-likeness (QED) is 0.723. The van der Waals surface area contributed by atoms with Gasteiger partial charge in [0.15, 0.2) is 0 Å². The van der Waals surface area contributed by atoms with Crippen LogP contribution in [0.15, 0.2) is 24.3 Å². The lowest BCUT2D eigenvalue weighted by atomic mass is 9.99. The second-order valence-corrected chi connectivity index (χ2v) is 7.56. The number of nitrogens with one attached hydrogen (secondary N) is 1. The second-order valence-electron chi connectivity index (χ2n) is 7.56. The van der Waals surface area contributed by atoms with Crippen LogP contribution in [-0.4, -0.2) is 49.8 Å². The Kier molecular flexibility index (Phi) is 7.91. The zero-order valence-electron chi connectivity index (χ0n) is 16.7. The van der Waals surface area contributed by atoms with E-state index in [4.69, 9.17) is 9.47 Å². The Morgan fingerprint density at radius 2 is 2.08 bits per heavy atom. The molecule has 0 aliphatic carbocycles. The van der Waals surface area contributed by atoms with E-state index in [1.807, 2.05) is 38.1 Å². The monoisotopic (exact) mass is 362 g/mol. The standard InChI is InChI=1S/C21H34N2O3/c1-5-12-21(3,25-4)20(24)22-18-8-10-19(11-9-18)26-15-14-23-13-6-7-17(2)16-23/h8-11,17H,5-7,12-16H2,1-4H3,(H,22,24)/t17-,21+/m1/s1. The van der Waals surface area contributed by atoms with Crippen molar-refractivity contribution in [1.29, 1.82) is 0 Å². The van der Waals surface area contributed by atoms with Gasteiger partial charge in [0.05, 0.1) is 0 Å². The van der Waals surface area contributed by atoms with Crippen LogP contribution in [0.2, 0.25) is 0 Å². The first-order chi connectivity index (χ1) is 12.5. The van der Waals surface area contributed by atoms with Crippen molar-refractivity contribution in [2.75, 3.05) is 38.7 Å². The maximum absolute atomic E-state index is 12.4. The molecule has 0 saturated carbocycles. The van der Waals surface area contributed by atoms with E-state index in [1.165, 1.54) is 25.9 Å². The van der Waals surface area contributed by atoms with Crippen LogP contribution >= 0.6 is 0 Å². The van der Waals surface area contributed by atoms with E-state index in [0.717, 1.165) is 30.3 Å². The van der Waals surface area contributed by atoms with E-state index in [2.05, 4.69) is 17.1 Å². The fourth-order valence-electron chi connectivity index (χ4n) is 3.47. The number of carbonyl (C=O) groups is 1. The first-order valence-electron chi connectivity index (χ1n) is 9.78. The molecular formula is C21H34N2O3. The molecule has 1 fully saturated rings. The first-order valence-corrected chi connectivity index (χ1v) is 9.78. The largest absolute Gasteiger partial charge is 0.492 e. The topological polar surface area (TPSA) is 50.8 Å². The molecule has 0 aromatic heterocycles. The Morgan fingerprint density at radius 3 is 2.69 bits per heavy atom. The van der Waals surface area contributed by atoms with Gasteiger partial charge in [-0.15, -0.1) is 0 Å². The molecule has 1 aromatic carbocycles. The van der Waals surface area contributed by atoms with Crippen molar-refractivity contribution in [1.82, 2.24) is 4.90 Å². The second kappa shape index (κ2) is 9.93. The van der Waals surface area contributed by atoms with Gasteiger partial charge in [0.1, 0.15) is 18.0 Å². The molecule has 5 heteroatoms. The van der Waals surface area contributed by atoms with Gasteiger partial charge in [-0.3, -0.25) is 9.69 Å². The maximum Gasteiger partial charge on any atom is 0.256 e. The van der Waals surface area contributed by atoms with Crippen molar-refractivity contribution in [2.45, 2.75) is 52.1 Å².